The highest BCUT2D eigenvalue weighted by molar-refractivity contribution is 5.79. The van der Waals surface area contributed by atoms with Crippen LogP contribution >= 0.6 is 0 Å². The molecule has 6 heteroatoms. The smallest absolute Gasteiger partial charge is 0.208 e. The van der Waals surface area contributed by atoms with E-state index >= 15 is 0 Å². The van der Waals surface area contributed by atoms with Gasteiger partial charge in [0.15, 0.2) is 0 Å². The molecule has 1 fully saturated rings. The molecule has 1 aliphatic heterocycles. The second-order valence-electron chi connectivity index (χ2n) is 4.91. The molecule has 3 N–H and O–H groups in total. The highest BCUT2D eigenvalue weighted by atomic mass is 16.5. The second-order valence-corrected chi connectivity index (χ2v) is 4.91. The molecule has 1 unspecified atom stereocenters. The molecule has 0 aromatic heterocycles. The summed E-state index contributed by atoms with van der Waals surface area (Å²) in [5, 5.41) is 0. The third-order valence-corrected chi connectivity index (χ3v) is 2.55. The van der Waals surface area contributed by atoms with E-state index < -0.39 is 0 Å². The Hall–Kier alpha value is -0.850. The van der Waals surface area contributed by atoms with Crippen LogP contribution in [0.5, 0.6) is 0 Å². The lowest BCUT2D eigenvalue weighted by molar-refractivity contribution is -0.113. The summed E-state index contributed by atoms with van der Waals surface area (Å²) in [6.07, 6.45) is 0.166. The highest BCUT2D eigenvalue weighted by Crippen LogP contribution is 2.20. The molecule has 1 heterocycles. The molecule has 0 spiro atoms. The molecule has 0 radical (unpaired) electrons. The van der Waals surface area contributed by atoms with Crippen LogP contribution in [-0.4, -0.2) is 55.9 Å². The van der Waals surface area contributed by atoms with Crippen LogP contribution in [0.3, 0.4) is 0 Å². The van der Waals surface area contributed by atoms with Gasteiger partial charge >= 0.3 is 0 Å². The van der Waals surface area contributed by atoms with Gasteiger partial charge in [-0.15, -0.1) is 0 Å². The molecule has 17 heavy (non-hydrogen) atoms. The van der Waals surface area contributed by atoms with Crippen molar-refractivity contribution in [1.29, 1.82) is 0 Å². The number of hydrogen-bond acceptors (Lipinski definition) is 4. The van der Waals surface area contributed by atoms with E-state index in [9.17, 15) is 0 Å². The first kappa shape index (κ1) is 14.2. The molecule has 0 saturated carbocycles. The third-order valence-electron chi connectivity index (χ3n) is 2.55. The molecule has 6 nitrogen and oxygen atoms in total. The van der Waals surface area contributed by atoms with Crippen molar-refractivity contribution in [2.24, 2.45) is 10.8 Å². The van der Waals surface area contributed by atoms with Crippen LogP contribution in [0.2, 0.25) is 0 Å². The minimum Gasteiger partial charge on any atom is -0.383 e. The van der Waals surface area contributed by atoms with Crippen molar-refractivity contribution in [3.63, 3.8) is 0 Å². The first-order chi connectivity index (χ1) is 7.98. The summed E-state index contributed by atoms with van der Waals surface area (Å²) in [6, 6.07) is 0. The molecule has 100 valence electrons. The molecule has 0 aromatic rings. The van der Waals surface area contributed by atoms with E-state index in [1.807, 2.05) is 0 Å². The predicted molar refractivity (Wildman–Crippen MR) is 67.7 cm³/mol. The van der Waals surface area contributed by atoms with Crippen molar-refractivity contribution in [2.75, 3.05) is 33.4 Å². The number of aliphatic imine (C=N–C) groups is 1. The fourth-order valence-corrected chi connectivity index (χ4v) is 2.09. The van der Waals surface area contributed by atoms with Crippen LogP contribution in [-0.2, 0) is 9.47 Å². The highest BCUT2D eigenvalue weighted by Gasteiger charge is 2.32. The van der Waals surface area contributed by atoms with Crippen molar-refractivity contribution in [1.82, 2.24) is 10.3 Å². The third kappa shape index (κ3) is 4.49. The number of ether oxygens (including phenoxy) is 2. The van der Waals surface area contributed by atoms with Crippen LogP contribution in [0, 0.1) is 0 Å². The second kappa shape index (κ2) is 6.18. The van der Waals surface area contributed by atoms with Gasteiger partial charge in [0.25, 0.3) is 0 Å². The van der Waals surface area contributed by atoms with Gasteiger partial charge in [-0.25, -0.2) is 10.8 Å². The summed E-state index contributed by atoms with van der Waals surface area (Å²) in [7, 11) is 1.66. The van der Waals surface area contributed by atoms with Gasteiger partial charge in [-0.3, -0.25) is 5.43 Å². The first-order valence-corrected chi connectivity index (χ1v) is 5.91. The minimum atomic E-state index is -0.184. The molecule has 0 amide bonds. The molecule has 1 rings (SSSR count). The average molecular weight is 244 g/mol. The lowest BCUT2D eigenvalue weighted by atomic mass is 10.1. The number of nitrogens with one attached hydrogen (secondary N) is 1. The van der Waals surface area contributed by atoms with E-state index in [0.717, 1.165) is 13.1 Å². The summed E-state index contributed by atoms with van der Waals surface area (Å²) >= 11 is 0. The number of morpholine rings is 1. The number of methoxy groups -OCH3 is 1. The fourth-order valence-electron chi connectivity index (χ4n) is 2.09. The zero-order chi connectivity index (χ0) is 12.9. The predicted octanol–water partition coefficient (Wildman–Crippen LogP) is -0.0486. The summed E-state index contributed by atoms with van der Waals surface area (Å²) in [5.74, 6) is 6.22. The maximum absolute atomic E-state index is 5.83. The van der Waals surface area contributed by atoms with Gasteiger partial charge in [0.05, 0.1) is 24.9 Å². The van der Waals surface area contributed by atoms with Gasteiger partial charge in [-0.1, -0.05) is 0 Å². The standard InChI is InChI=1S/C11H24N4O2/c1-9-7-15(8-11(2,3)17-9)10(14-12)13-5-6-16-4/h9H,5-8,12H2,1-4H3,(H,13,14). The Morgan fingerprint density at radius 2 is 2.35 bits per heavy atom. The van der Waals surface area contributed by atoms with E-state index in [4.69, 9.17) is 15.3 Å². The molecule has 0 aliphatic carbocycles. The zero-order valence-electron chi connectivity index (χ0n) is 11.2. The summed E-state index contributed by atoms with van der Waals surface area (Å²) in [5.41, 5.74) is 2.47. The number of guanidine groups is 1. The summed E-state index contributed by atoms with van der Waals surface area (Å²) in [6.45, 7) is 8.94. The maximum atomic E-state index is 5.83. The average Bonchev–Trinajstić information content (AvgIpc) is 2.21. The van der Waals surface area contributed by atoms with E-state index in [1.165, 1.54) is 0 Å². The first-order valence-electron chi connectivity index (χ1n) is 5.91. The van der Waals surface area contributed by atoms with Gasteiger partial charge in [-0.2, -0.15) is 0 Å². The Labute approximate surface area is 103 Å². The number of rotatable bonds is 3. The lowest BCUT2D eigenvalue weighted by Gasteiger charge is -2.42. The maximum Gasteiger partial charge on any atom is 0.208 e. The van der Waals surface area contributed by atoms with Gasteiger partial charge in [0.2, 0.25) is 5.96 Å². The van der Waals surface area contributed by atoms with E-state index in [0.29, 0.717) is 19.1 Å². The zero-order valence-corrected chi connectivity index (χ0v) is 11.2. The molecular formula is C11H24N4O2. The van der Waals surface area contributed by atoms with Crippen LogP contribution in [0.15, 0.2) is 4.99 Å². The van der Waals surface area contributed by atoms with Crippen LogP contribution in [0.1, 0.15) is 20.8 Å². The van der Waals surface area contributed by atoms with Crippen molar-refractivity contribution in [3.05, 3.63) is 0 Å². The van der Waals surface area contributed by atoms with E-state index in [-0.39, 0.29) is 11.7 Å². The summed E-state index contributed by atoms with van der Waals surface area (Å²) < 4.78 is 10.8. The van der Waals surface area contributed by atoms with Crippen molar-refractivity contribution >= 4 is 5.96 Å². The number of nitrogens with two attached hydrogens (primary N) is 1. The fraction of sp³-hybridized carbons (Fsp3) is 0.909. The van der Waals surface area contributed by atoms with Crippen molar-refractivity contribution in [2.45, 2.75) is 32.5 Å². The van der Waals surface area contributed by atoms with Crippen molar-refractivity contribution < 1.29 is 9.47 Å². The van der Waals surface area contributed by atoms with Crippen LogP contribution in [0.4, 0.5) is 0 Å². The Kier molecular flexibility index (Phi) is 5.17. The SMILES string of the molecule is COCCN=C(NN)N1CC(C)OC(C)(C)C1. The number of hydrogen-bond donors (Lipinski definition) is 2. The lowest BCUT2D eigenvalue weighted by Crippen LogP contribution is -2.57. The number of hydrazine groups is 1. The molecular weight excluding hydrogens is 220 g/mol. The Balaban J connectivity index is 2.64. The van der Waals surface area contributed by atoms with Gasteiger partial charge in [0, 0.05) is 20.2 Å². The van der Waals surface area contributed by atoms with Gasteiger partial charge < -0.3 is 14.4 Å². The molecule has 1 saturated heterocycles. The summed E-state index contributed by atoms with van der Waals surface area (Å²) in [4.78, 5) is 6.50. The quantitative estimate of drug-likeness (QED) is 0.239. The molecule has 0 aromatic carbocycles. The number of nitrogens with zero attached hydrogens (tertiary/aromatic N) is 2. The Morgan fingerprint density at radius 3 is 2.88 bits per heavy atom. The van der Waals surface area contributed by atoms with Crippen molar-refractivity contribution in [3.8, 4) is 0 Å². The van der Waals surface area contributed by atoms with Gasteiger partial charge in [0.1, 0.15) is 0 Å². The van der Waals surface area contributed by atoms with Crippen LogP contribution < -0.4 is 11.3 Å². The largest absolute Gasteiger partial charge is 0.383 e. The molecule has 1 aliphatic rings. The van der Waals surface area contributed by atoms with Crippen LogP contribution in [0.25, 0.3) is 0 Å². The minimum absolute atomic E-state index is 0.166. The Bertz CT molecular complexity index is 268. The molecule has 0 bridgehead atoms. The van der Waals surface area contributed by atoms with Gasteiger partial charge in [-0.05, 0) is 20.8 Å². The molecule has 1 atom stereocenters. The topological polar surface area (TPSA) is 72.1 Å². The van der Waals surface area contributed by atoms with E-state index in [1.54, 1.807) is 7.11 Å². The van der Waals surface area contributed by atoms with E-state index in [2.05, 4.69) is 36.1 Å². The Morgan fingerprint density at radius 1 is 1.65 bits per heavy atom. The normalized spacial score (nSPS) is 24.9. The monoisotopic (exact) mass is 244 g/mol.